The smallest absolute Gasteiger partial charge is 0.251 e. The normalized spacial score (nSPS) is 15.9. The Labute approximate surface area is 202 Å². The second-order valence-electron chi connectivity index (χ2n) is 8.81. The fourth-order valence-corrected chi connectivity index (χ4v) is 4.76. The molecule has 3 N–H and O–H groups in total. The number of benzene rings is 1. The van der Waals surface area contributed by atoms with E-state index in [9.17, 15) is 9.59 Å². The number of nitrogens with zero attached hydrogens (tertiary/aromatic N) is 5. The Bertz CT molecular complexity index is 1190. The summed E-state index contributed by atoms with van der Waals surface area (Å²) < 4.78 is 0. The number of nitrogens with two attached hydrogens (primary N) is 1. The van der Waals surface area contributed by atoms with Crippen LogP contribution in [0.25, 0.3) is 11.1 Å². The second-order valence-corrected chi connectivity index (χ2v) is 9.25. The highest BCUT2D eigenvalue weighted by atomic mass is 35.5. The number of anilines is 4. The van der Waals surface area contributed by atoms with E-state index in [4.69, 9.17) is 27.4 Å². The molecule has 0 unspecified atom stereocenters. The van der Waals surface area contributed by atoms with Crippen LogP contribution in [-0.2, 0) is 0 Å². The Balaban J connectivity index is 1.29. The minimum absolute atomic E-state index is 0.229. The molecule has 0 spiro atoms. The maximum Gasteiger partial charge on any atom is 0.251 e. The third kappa shape index (κ3) is 4.45. The summed E-state index contributed by atoms with van der Waals surface area (Å²) in [5, 5.41) is 5.23. The maximum atomic E-state index is 12.3. The van der Waals surface area contributed by atoms with E-state index in [2.05, 4.69) is 15.1 Å². The van der Waals surface area contributed by atoms with E-state index in [0.717, 1.165) is 56.6 Å². The van der Waals surface area contributed by atoms with Gasteiger partial charge in [0, 0.05) is 43.8 Å². The average Bonchev–Trinajstić information content (AvgIpc) is 3.57. The summed E-state index contributed by atoms with van der Waals surface area (Å²) in [6.45, 7) is 4.72. The molecule has 0 amide bonds. The molecule has 0 radical (unpaired) electrons. The molecule has 178 valence electrons. The molecular weight excluding hydrogens is 454 g/mol. The van der Waals surface area contributed by atoms with Crippen LogP contribution in [0.15, 0.2) is 39.9 Å². The lowest BCUT2D eigenvalue weighted by atomic mass is 9.98. The van der Waals surface area contributed by atoms with Crippen LogP contribution in [0.2, 0.25) is 5.02 Å². The van der Waals surface area contributed by atoms with Crippen LogP contribution in [-0.4, -0.2) is 49.2 Å². The van der Waals surface area contributed by atoms with Crippen LogP contribution < -0.4 is 36.8 Å². The predicted molar refractivity (Wildman–Crippen MR) is 137 cm³/mol. The summed E-state index contributed by atoms with van der Waals surface area (Å²) in [5.74, 6) is 8.62. The number of hydrazine groups is 1. The summed E-state index contributed by atoms with van der Waals surface area (Å²) >= 11 is 5.95. The largest absolute Gasteiger partial charge is 0.368 e. The highest BCUT2D eigenvalue weighted by molar-refractivity contribution is 6.30. The van der Waals surface area contributed by atoms with E-state index in [1.165, 1.54) is 17.9 Å². The molecule has 5 rings (SSSR count). The molecule has 2 saturated heterocycles. The molecule has 3 aromatic rings. The lowest BCUT2D eigenvalue weighted by molar-refractivity contribution is 0.836. The van der Waals surface area contributed by atoms with Crippen LogP contribution in [0.1, 0.15) is 25.7 Å². The van der Waals surface area contributed by atoms with Gasteiger partial charge in [0.05, 0.1) is 12.1 Å². The van der Waals surface area contributed by atoms with Gasteiger partial charge in [-0.3, -0.25) is 9.59 Å². The van der Waals surface area contributed by atoms with Crippen LogP contribution in [0.5, 0.6) is 0 Å². The molecule has 3 heterocycles. The second kappa shape index (κ2) is 9.60. The Morgan fingerprint density at radius 2 is 1.59 bits per heavy atom. The van der Waals surface area contributed by atoms with Gasteiger partial charge in [-0.1, -0.05) is 23.7 Å². The van der Waals surface area contributed by atoms with E-state index >= 15 is 0 Å². The molecule has 0 saturated carbocycles. The summed E-state index contributed by atoms with van der Waals surface area (Å²) in [6, 6.07) is 8.78. The molecule has 2 aromatic carbocycles. The van der Waals surface area contributed by atoms with Crippen molar-refractivity contribution in [1.29, 1.82) is 0 Å². The standard InChI is InChI=1S/C24H28ClN7O2/c25-17-7-5-16(6-8-17)20-21(23(34)22(20)33)32(26)14-9-27-18-15-19(30-10-1-2-11-30)29-24(28-18)31-12-3-4-13-31/h5-8,15H,1-4,9-14,26H2,(H,27,28,29). The van der Waals surface area contributed by atoms with Gasteiger partial charge in [0.1, 0.15) is 17.3 Å². The van der Waals surface area contributed by atoms with E-state index in [0.29, 0.717) is 29.2 Å². The quantitative estimate of drug-likeness (QED) is 0.285. The fourth-order valence-electron chi connectivity index (χ4n) is 4.63. The highest BCUT2D eigenvalue weighted by Gasteiger charge is 2.26. The highest BCUT2D eigenvalue weighted by Crippen LogP contribution is 2.27. The Hall–Kier alpha value is -3.17. The van der Waals surface area contributed by atoms with Crippen molar-refractivity contribution in [3.63, 3.8) is 0 Å². The van der Waals surface area contributed by atoms with Crippen molar-refractivity contribution >= 4 is 34.9 Å². The number of aromatic nitrogens is 2. The first kappa shape index (κ1) is 22.6. The average molecular weight is 482 g/mol. The van der Waals surface area contributed by atoms with Crippen LogP contribution in [0.4, 0.5) is 23.3 Å². The van der Waals surface area contributed by atoms with Crippen LogP contribution in [0, 0.1) is 0 Å². The van der Waals surface area contributed by atoms with E-state index < -0.39 is 10.9 Å². The third-order valence-electron chi connectivity index (χ3n) is 6.48. The Morgan fingerprint density at radius 3 is 2.26 bits per heavy atom. The van der Waals surface area contributed by atoms with Gasteiger partial charge in [-0.25, -0.2) is 5.84 Å². The van der Waals surface area contributed by atoms with Gasteiger partial charge in [0.25, 0.3) is 5.43 Å². The zero-order valence-electron chi connectivity index (χ0n) is 19.0. The van der Waals surface area contributed by atoms with Crippen LogP contribution in [0.3, 0.4) is 0 Å². The molecule has 2 aliphatic rings. The lowest BCUT2D eigenvalue weighted by Gasteiger charge is -2.24. The summed E-state index contributed by atoms with van der Waals surface area (Å²) in [6.07, 6.45) is 4.65. The Kier molecular flexibility index (Phi) is 6.38. The fraction of sp³-hybridized carbons (Fsp3) is 0.417. The SMILES string of the molecule is NN(CCNc1cc(N2CCCC2)nc(N2CCCC2)n1)c1c(-c2ccc(Cl)cc2)c(=O)c1=O. The molecule has 0 atom stereocenters. The first-order valence-corrected chi connectivity index (χ1v) is 12.1. The van der Waals surface area contributed by atoms with Crippen molar-refractivity contribution in [2.24, 2.45) is 5.84 Å². The number of hydrogen-bond donors (Lipinski definition) is 2. The first-order valence-electron chi connectivity index (χ1n) is 11.8. The molecule has 0 aliphatic carbocycles. The predicted octanol–water partition coefficient (Wildman–Crippen LogP) is 2.39. The Morgan fingerprint density at radius 1 is 0.941 bits per heavy atom. The number of nitrogens with one attached hydrogen (secondary N) is 1. The molecule has 2 aliphatic heterocycles. The first-order chi connectivity index (χ1) is 16.5. The van der Waals surface area contributed by atoms with Gasteiger partial charge in [-0.2, -0.15) is 9.97 Å². The molecule has 34 heavy (non-hydrogen) atoms. The van der Waals surface area contributed by atoms with E-state index in [1.807, 2.05) is 6.07 Å². The van der Waals surface area contributed by atoms with Crippen molar-refractivity contribution in [3.05, 3.63) is 55.8 Å². The molecule has 10 heteroatoms. The zero-order chi connectivity index (χ0) is 23.7. The molecule has 9 nitrogen and oxygen atoms in total. The third-order valence-corrected chi connectivity index (χ3v) is 6.74. The maximum absolute atomic E-state index is 12.3. The minimum Gasteiger partial charge on any atom is -0.368 e. The minimum atomic E-state index is -0.567. The van der Waals surface area contributed by atoms with Gasteiger partial charge in [0.2, 0.25) is 11.4 Å². The topological polar surface area (TPSA) is 108 Å². The number of hydrogen-bond acceptors (Lipinski definition) is 9. The van der Waals surface area contributed by atoms with Gasteiger partial charge in [-0.15, -0.1) is 0 Å². The van der Waals surface area contributed by atoms with Crippen LogP contribution >= 0.6 is 11.6 Å². The lowest BCUT2D eigenvalue weighted by Crippen LogP contribution is -2.47. The monoisotopic (exact) mass is 481 g/mol. The summed E-state index contributed by atoms with van der Waals surface area (Å²) in [5.41, 5.74) is 0.101. The number of rotatable bonds is 8. The van der Waals surface area contributed by atoms with Crippen molar-refractivity contribution < 1.29 is 0 Å². The van der Waals surface area contributed by atoms with Crippen molar-refractivity contribution in [2.45, 2.75) is 25.7 Å². The molecule has 0 bridgehead atoms. The van der Waals surface area contributed by atoms with Crippen molar-refractivity contribution in [2.75, 3.05) is 59.4 Å². The molecule has 2 fully saturated rings. The van der Waals surface area contributed by atoms with Gasteiger partial charge < -0.3 is 20.1 Å². The van der Waals surface area contributed by atoms with Crippen molar-refractivity contribution in [3.8, 4) is 11.1 Å². The van der Waals surface area contributed by atoms with E-state index in [1.54, 1.807) is 24.3 Å². The van der Waals surface area contributed by atoms with E-state index in [-0.39, 0.29) is 5.69 Å². The van der Waals surface area contributed by atoms with Crippen molar-refractivity contribution in [1.82, 2.24) is 9.97 Å². The van der Waals surface area contributed by atoms with Gasteiger partial charge in [0.15, 0.2) is 0 Å². The van der Waals surface area contributed by atoms with Gasteiger partial charge >= 0.3 is 0 Å². The summed E-state index contributed by atoms with van der Waals surface area (Å²) in [4.78, 5) is 38.6. The van der Waals surface area contributed by atoms with Gasteiger partial charge in [-0.05, 0) is 43.4 Å². The number of halogens is 1. The molecule has 1 aromatic heterocycles. The summed E-state index contributed by atoms with van der Waals surface area (Å²) in [7, 11) is 0. The molecular formula is C24H28ClN7O2. The zero-order valence-corrected chi connectivity index (χ0v) is 19.7.